The summed E-state index contributed by atoms with van der Waals surface area (Å²) in [6, 6.07) is 21.9. The van der Waals surface area contributed by atoms with E-state index < -0.39 is 0 Å². The summed E-state index contributed by atoms with van der Waals surface area (Å²) in [5.41, 5.74) is 3.60. The van der Waals surface area contributed by atoms with Crippen LogP contribution in [0.25, 0.3) is 20.9 Å². The Morgan fingerprint density at radius 1 is 0.818 bits per heavy atom. The molecule has 1 nitrogen and oxygen atoms in total. The van der Waals surface area contributed by atoms with E-state index in [9.17, 15) is 4.79 Å². The van der Waals surface area contributed by atoms with Crippen molar-refractivity contribution >= 4 is 11.3 Å². The zero-order valence-electron chi connectivity index (χ0n) is 12.7. The van der Waals surface area contributed by atoms with Crippen LogP contribution in [0.1, 0.15) is 25.3 Å². The Labute approximate surface area is 134 Å². The van der Waals surface area contributed by atoms with Gasteiger partial charge in [0.1, 0.15) is 0 Å². The first kappa shape index (κ1) is 14.7. The Morgan fingerprint density at radius 2 is 1.45 bits per heavy atom. The van der Waals surface area contributed by atoms with Gasteiger partial charge in [0.2, 0.25) is 0 Å². The summed E-state index contributed by atoms with van der Waals surface area (Å²) >= 11 is 1.67. The van der Waals surface area contributed by atoms with Gasteiger partial charge >= 0.3 is 0 Å². The first-order valence-corrected chi connectivity index (χ1v) is 8.26. The van der Waals surface area contributed by atoms with Gasteiger partial charge in [-0.15, -0.1) is 11.3 Å². The molecule has 3 aromatic rings. The highest BCUT2D eigenvalue weighted by Gasteiger charge is 2.11. The molecular formula is C20H18OS. The molecule has 0 aliphatic rings. The van der Waals surface area contributed by atoms with Gasteiger partial charge in [0.05, 0.1) is 0 Å². The van der Waals surface area contributed by atoms with Crippen molar-refractivity contribution < 1.29 is 0 Å². The van der Waals surface area contributed by atoms with Crippen molar-refractivity contribution in [3.63, 3.8) is 0 Å². The third-order valence-electron chi connectivity index (χ3n) is 3.67. The molecule has 0 aliphatic carbocycles. The topological polar surface area (TPSA) is 17.1 Å². The minimum Gasteiger partial charge on any atom is -0.290 e. The predicted molar refractivity (Wildman–Crippen MR) is 95.6 cm³/mol. The molecule has 0 fully saturated rings. The minimum atomic E-state index is 0.0613. The molecule has 2 heteroatoms. The van der Waals surface area contributed by atoms with Crippen LogP contribution < -0.4 is 5.43 Å². The molecule has 0 atom stereocenters. The van der Waals surface area contributed by atoms with Crippen LogP contribution >= 0.6 is 11.3 Å². The summed E-state index contributed by atoms with van der Waals surface area (Å²) in [5.74, 6) is 0.430. The zero-order valence-corrected chi connectivity index (χ0v) is 13.6. The Kier molecular flexibility index (Phi) is 4.21. The summed E-state index contributed by atoms with van der Waals surface area (Å²) in [7, 11) is 0. The van der Waals surface area contributed by atoms with Gasteiger partial charge in [0.15, 0.2) is 5.43 Å². The van der Waals surface area contributed by atoms with Gasteiger partial charge in [-0.3, -0.25) is 4.79 Å². The second-order valence-electron chi connectivity index (χ2n) is 5.63. The number of hydrogen-bond acceptors (Lipinski definition) is 2. The number of benzene rings is 2. The van der Waals surface area contributed by atoms with Crippen LogP contribution in [0.4, 0.5) is 0 Å². The summed E-state index contributed by atoms with van der Waals surface area (Å²) in [6.45, 7) is 4.37. The fraction of sp³-hybridized carbons (Fsp3) is 0.150. The van der Waals surface area contributed by atoms with Gasteiger partial charge in [0, 0.05) is 21.9 Å². The van der Waals surface area contributed by atoms with Crippen LogP contribution in [-0.2, 0) is 0 Å². The van der Waals surface area contributed by atoms with E-state index in [0.717, 1.165) is 20.9 Å². The van der Waals surface area contributed by atoms with E-state index in [2.05, 4.69) is 32.0 Å². The third-order valence-corrected chi connectivity index (χ3v) is 4.80. The first-order chi connectivity index (χ1) is 10.6. The van der Waals surface area contributed by atoms with Crippen molar-refractivity contribution in [2.24, 2.45) is 0 Å². The molecule has 0 aliphatic heterocycles. The second kappa shape index (κ2) is 6.29. The minimum absolute atomic E-state index is 0.0613. The number of rotatable bonds is 3. The van der Waals surface area contributed by atoms with Gasteiger partial charge in [-0.1, -0.05) is 68.4 Å². The molecule has 0 bridgehead atoms. The van der Waals surface area contributed by atoms with E-state index in [1.54, 1.807) is 23.5 Å². The lowest BCUT2D eigenvalue weighted by Crippen LogP contribution is -1.98. The molecule has 0 amide bonds. The molecule has 110 valence electrons. The standard InChI is InChI=1S/C20H18OS/c1-14(2)17-10-6-7-11-18(17)20-13-16(21)12-19(22-20)15-8-4-3-5-9-15/h3-14H,1-2H3. The summed E-state index contributed by atoms with van der Waals surface area (Å²) < 4.78 is 0. The van der Waals surface area contributed by atoms with Crippen LogP contribution in [0.3, 0.4) is 0 Å². The van der Waals surface area contributed by atoms with Crippen molar-refractivity contribution in [2.75, 3.05) is 0 Å². The van der Waals surface area contributed by atoms with Gasteiger partial charge < -0.3 is 0 Å². The fourth-order valence-electron chi connectivity index (χ4n) is 2.58. The second-order valence-corrected chi connectivity index (χ2v) is 6.71. The number of hydrogen-bond donors (Lipinski definition) is 0. The van der Waals surface area contributed by atoms with Gasteiger partial charge in [-0.25, -0.2) is 0 Å². The molecule has 22 heavy (non-hydrogen) atoms. The van der Waals surface area contributed by atoms with E-state index in [4.69, 9.17) is 0 Å². The lowest BCUT2D eigenvalue weighted by Gasteiger charge is -2.13. The molecule has 0 radical (unpaired) electrons. The molecule has 2 aromatic carbocycles. The van der Waals surface area contributed by atoms with E-state index in [-0.39, 0.29) is 5.43 Å². The Balaban J connectivity index is 2.18. The van der Waals surface area contributed by atoms with Gasteiger partial charge in [0.25, 0.3) is 0 Å². The molecule has 0 N–H and O–H groups in total. The van der Waals surface area contributed by atoms with Crippen LogP contribution in [0.5, 0.6) is 0 Å². The molecule has 0 saturated carbocycles. The molecule has 1 aromatic heterocycles. The van der Waals surface area contributed by atoms with Crippen molar-refractivity contribution in [3.8, 4) is 20.9 Å². The lowest BCUT2D eigenvalue weighted by molar-refractivity contribution is 0.869. The Morgan fingerprint density at radius 3 is 2.18 bits per heavy atom. The van der Waals surface area contributed by atoms with E-state index in [1.807, 2.05) is 36.4 Å². The van der Waals surface area contributed by atoms with Crippen molar-refractivity contribution in [2.45, 2.75) is 19.8 Å². The lowest BCUT2D eigenvalue weighted by atomic mass is 9.96. The smallest absolute Gasteiger partial charge is 0.181 e. The summed E-state index contributed by atoms with van der Waals surface area (Å²) in [4.78, 5) is 14.2. The Bertz CT molecular complexity index is 832. The highest BCUT2D eigenvalue weighted by atomic mass is 32.1. The van der Waals surface area contributed by atoms with E-state index in [1.165, 1.54) is 5.56 Å². The zero-order chi connectivity index (χ0) is 15.5. The highest BCUT2D eigenvalue weighted by molar-refractivity contribution is 7.18. The SMILES string of the molecule is CC(C)c1ccccc1-c1cc(=O)cc(-c2ccccc2)s1. The predicted octanol–water partition coefficient (Wildman–Crippen LogP) is 5.57. The molecule has 0 saturated heterocycles. The molecule has 3 rings (SSSR count). The fourth-order valence-corrected chi connectivity index (χ4v) is 3.72. The first-order valence-electron chi connectivity index (χ1n) is 7.45. The summed E-state index contributed by atoms with van der Waals surface area (Å²) in [6.07, 6.45) is 0. The summed E-state index contributed by atoms with van der Waals surface area (Å²) in [5, 5.41) is 0. The maximum absolute atomic E-state index is 12.1. The molecule has 1 heterocycles. The van der Waals surface area contributed by atoms with Crippen LogP contribution in [0.15, 0.2) is 71.5 Å². The van der Waals surface area contributed by atoms with Crippen molar-refractivity contribution in [3.05, 3.63) is 82.5 Å². The average Bonchev–Trinajstić information content (AvgIpc) is 2.55. The molecule has 0 unspecified atom stereocenters. The average molecular weight is 306 g/mol. The Hall–Kier alpha value is -2.19. The van der Waals surface area contributed by atoms with E-state index >= 15 is 0 Å². The van der Waals surface area contributed by atoms with Crippen LogP contribution in [0.2, 0.25) is 0 Å². The largest absolute Gasteiger partial charge is 0.290 e. The molecule has 0 spiro atoms. The third kappa shape index (κ3) is 3.02. The van der Waals surface area contributed by atoms with Crippen LogP contribution in [-0.4, -0.2) is 0 Å². The monoisotopic (exact) mass is 306 g/mol. The van der Waals surface area contributed by atoms with E-state index in [0.29, 0.717) is 5.92 Å². The maximum atomic E-state index is 12.1. The highest BCUT2D eigenvalue weighted by Crippen LogP contribution is 2.34. The quantitative estimate of drug-likeness (QED) is 0.618. The van der Waals surface area contributed by atoms with Gasteiger partial charge in [-0.05, 0) is 22.6 Å². The van der Waals surface area contributed by atoms with Crippen molar-refractivity contribution in [1.82, 2.24) is 0 Å². The van der Waals surface area contributed by atoms with Crippen molar-refractivity contribution in [1.29, 1.82) is 0 Å². The normalized spacial score (nSPS) is 10.9. The van der Waals surface area contributed by atoms with Gasteiger partial charge in [-0.2, -0.15) is 0 Å². The maximum Gasteiger partial charge on any atom is 0.181 e. The molecular weight excluding hydrogens is 288 g/mol. The van der Waals surface area contributed by atoms with Crippen LogP contribution in [0, 0.1) is 0 Å².